The number of carbonyl (C=O) groups is 1. The molecule has 1 aliphatic rings. The van der Waals surface area contributed by atoms with Gasteiger partial charge in [-0.1, -0.05) is 0 Å². The van der Waals surface area contributed by atoms with Crippen molar-refractivity contribution < 1.29 is 4.79 Å². The van der Waals surface area contributed by atoms with Crippen molar-refractivity contribution in [3.05, 3.63) is 18.2 Å². The van der Waals surface area contributed by atoms with Gasteiger partial charge in [0.05, 0.1) is 6.04 Å². The molecule has 0 spiro atoms. The summed E-state index contributed by atoms with van der Waals surface area (Å²) in [6, 6.07) is -0.00792. The molecule has 1 aromatic rings. The van der Waals surface area contributed by atoms with Crippen LogP contribution in [0, 0.1) is 0 Å². The summed E-state index contributed by atoms with van der Waals surface area (Å²) >= 11 is 1.85. The highest BCUT2D eigenvalue weighted by molar-refractivity contribution is 7.99. The molecule has 0 N–H and O–H groups in total. The third kappa shape index (κ3) is 2.15. The van der Waals surface area contributed by atoms with Crippen LogP contribution in [0.3, 0.4) is 0 Å². The molecule has 1 fully saturated rings. The monoisotopic (exact) mass is 239 g/mol. The SMILES string of the molecule is CCn1ccnc1C(=O)C1CSCCN1C. The van der Waals surface area contributed by atoms with Crippen LogP contribution in [0.2, 0.25) is 0 Å². The number of aryl methyl sites for hydroxylation is 1. The zero-order valence-corrected chi connectivity index (χ0v) is 10.5. The number of hydrogen-bond donors (Lipinski definition) is 0. The molecule has 1 unspecified atom stereocenters. The van der Waals surface area contributed by atoms with Crippen LogP contribution in [-0.2, 0) is 6.54 Å². The van der Waals surface area contributed by atoms with E-state index in [4.69, 9.17) is 0 Å². The number of nitrogens with zero attached hydrogens (tertiary/aromatic N) is 3. The molecule has 88 valence electrons. The molecule has 0 saturated carbocycles. The topological polar surface area (TPSA) is 38.1 Å². The van der Waals surface area contributed by atoms with Gasteiger partial charge in [-0.3, -0.25) is 9.69 Å². The molecular weight excluding hydrogens is 222 g/mol. The van der Waals surface area contributed by atoms with Crippen molar-refractivity contribution in [1.82, 2.24) is 14.5 Å². The third-order valence-corrected chi connectivity index (χ3v) is 4.00. The number of imidazole rings is 1. The molecule has 0 aromatic carbocycles. The lowest BCUT2D eigenvalue weighted by Crippen LogP contribution is -2.45. The second kappa shape index (κ2) is 5.01. The lowest BCUT2D eigenvalue weighted by molar-refractivity contribution is 0.0859. The Hall–Kier alpha value is -0.810. The van der Waals surface area contributed by atoms with Crippen LogP contribution in [-0.4, -0.2) is 51.4 Å². The maximum Gasteiger partial charge on any atom is 0.216 e. The molecule has 1 atom stereocenters. The fourth-order valence-electron chi connectivity index (χ4n) is 1.90. The molecule has 0 radical (unpaired) electrons. The van der Waals surface area contributed by atoms with E-state index in [9.17, 15) is 4.79 Å². The van der Waals surface area contributed by atoms with E-state index in [2.05, 4.69) is 9.88 Å². The highest BCUT2D eigenvalue weighted by Gasteiger charge is 2.29. The number of carbonyl (C=O) groups excluding carboxylic acids is 1. The minimum atomic E-state index is -0.00792. The quantitative estimate of drug-likeness (QED) is 0.741. The van der Waals surface area contributed by atoms with Gasteiger partial charge in [-0.2, -0.15) is 11.8 Å². The summed E-state index contributed by atoms with van der Waals surface area (Å²) in [5.41, 5.74) is 0. The first-order valence-electron chi connectivity index (χ1n) is 5.57. The molecule has 4 nitrogen and oxygen atoms in total. The summed E-state index contributed by atoms with van der Waals surface area (Å²) in [5, 5.41) is 0. The van der Waals surface area contributed by atoms with Crippen LogP contribution in [0.5, 0.6) is 0 Å². The second-order valence-electron chi connectivity index (χ2n) is 3.97. The predicted molar refractivity (Wildman–Crippen MR) is 66.0 cm³/mol. The van der Waals surface area contributed by atoms with Gasteiger partial charge < -0.3 is 4.57 Å². The van der Waals surface area contributed by atoms with Crippen molar-refractivity contribution in [1.29, 1.82) is 0 Å². The van der Waals surface area contributed by atoms with Crippen LogP contribution >= 0.6 is 11.8 Å². The Morgan fingerprint density at radius 3 is 3.19 bits per heavy atom. The van der Waals surface area contributed by atoms with Gasteiger partial charge in [-0.15, -0.1) is 0 Å². The highest BCUT2D eigenvalue weighted by atomic mass is 32.2. The van der Waals surface area contributed by atoms with E-state index < -0.39 is 0 Å². The van der Waals surface area contributed by atoms with E-state index in [-0.39, 0.29) is 11.8 Å². The van der Waals surface area contributed by atoms with Crippen molar-refractivity contribution in [3.63, 3.8) is 0 Å². The van der Waals surface area contributed by atoms with E-state index in [0.717, 1.165) is 24.6 Å². The summed E-state index contributed by atoms with van der Waals surface area (Å²) in [4.78, 5) is 18.6. The molecular formula is C11H17N3OS. The average molecular weight is 239 g/mol. The molecule has 2 rings (SSSR count). The van der Waals surface area contributed by atoms with Gasteiger partial charge in [0.25, 0.3) is 0 Å². The van der Waals surface area contributed by atoms with E-state index in [1.54, 1.807) is 6.20 Å². The van der Waals surface area contributed by atoms with E-state index in [1.807, 2.05) is 36.5 Å². The summed E-state index contributed by atoms with van der Waals surface area (Å²) in [6.45, 7) is 3.80. The van der Waals surface area contributed by atoms with Crippen LogP contribution in [0.25, 0.3) is 0 Å². The lowest BCUT2D eigenvalue weighted by atomic mass is 10.1. The van der Waals surface area contributed by atoms with Gasteiger partial charge in [0, 0.05) is 37.0 Å². The van der Waals surface area contributed by atoms with E-state index in [0.29, 0.717) is 5.82 Å². The van der Waals surface area contributed by atoms with Gasteiger partial charge in [0.15, 0.2) is 5.82 Å². The number of Topliss-reactive ketones (excluding diaryl/α,β-unsaturated/α-hetero) is 1. The van der Waals surface area contributed by atoms with Crippen molar-refractivity contribution in [2.24, 2.45) is 0 Å². The smallest absolute Gasteiger partial charge is 0.216 e. The zero-order valence-electron chi connectivity index (χ0n) is 9.72. The molecule has 1 saturated heterocycles. The first-order valence-corrected chi connectivity index (χ1v) is 6.73. The van der Waals surface area contributed by atoms with E-state index >= 15 is 0 Å². The minimum Gasteiger partial charge on any atom is -0.329 e. The molecule has 2 heterocycles. The Morgan fingerprint density at radius 2 is 2.50 bits per heavy atom. The number of rotatable bonds is 3. The molecule has 0 amide bonds. The van der Waals surface area contributed by atoms with Gasteiger partial charge in [-0.05, 0) is 14.0 Å². The molecule has 16 heavy (non-hydrogen) atoms. The van der Waals surface area contributed by atoms with Crippen molar-refractivity contribution in [2.75, 3.05) is 25.1 Å². The predicted octanol–water partition coefficient (Wildman–Crippen LogP) is 1.13. The Labute approximate surface area is 100 Å². The van der Waals surface area contributed by atoms with Crippen molar-refractivity contribution in [2.45, 2.75) is 19.5 Å². The summed E-state index contributed by atoms with van der Waals surface area (Å²) in [7, 11) is 2.02. The summed E-state index contributed by atoms with van der Waals surface area (Å²) in [5.74, 6) is 2.75. The number of hydrogen-bond acceptors (Lipinski definition) is 4. The lowest BCUT2D eigenvalue weighted by Gasteiger charge is -2.30. The van der Waals surface area contributed by atoms with Crippen LogP contribution in [0.4, 0.5) is 0 Å². The van der Waals surface area contributed by atoms with Crippen LogP contribution in [0.1, 0.15) is 17.5 Å². The largest absolute Gasteiger partial charge is 0.329 e. The third-order valence-electron chi connectivity index (χ3n) is 2.98. The number of likely N-dealkylation sites (N-methyl/N-ethyl adjacent to an activating group) is 1. The second-order valence-corrected chi connectivity index (χ2v) is 5.12. The maximum absolute atomic E-state index is 12.3. The number of thioether (sulfide) groups is 1. The zero-order chi connectivity index (χ0) is 11.5. The Morgan fingerprint density at radius 1 is 1.69 bits per heavy atom. The summed E-state index contributed by atoms with van der Waals surface area (Å²) < 4.78 is 1.91. The molecule has 1 aromatic heterocycles. The van der Waals surface area contributed by atoms with Crippen LogP contribution < -0.4 is 0 Å². The summed E-state index contributed by atoms with van der Waals surface area (Å²) in [6.07, 6.45) is 3.57. The Bertz CT molecular complexity index is 377. The normalized spacial score (nSPS) is 22.2. The van der Waals surface area contributed by atoms with Gasteiger partial charge in [0.2, 0.25) is 5.78 Å². The maximum atomic E-state index is 12.3. The number of aromatic nitrogens is 2. The van der Waals surface area contributed by atoms with Gasteiger partial charge in [0.1, 0.15) is 0 Å². The molecule has 5 heteroatoms. The van der Waals surface area contributed by atoms with Gasteiger partial charge >= 0.3 is 0 Å². The fourth-order valence-corrected chi connectivity index (χ4v) is 3.11. The number of ketones is 1. The molecule has 0 bridgehead atoms. The molecule has 0 aliphatic carbocycles. The average Bonchev–Trinajstić information content (AvgIpc) is 2.77. The Kier molecular flexibility index (Phi) is 3.66. The fraction of sp³-hybridized carbons (Fsp3) is 0.636. The Balaban J connectivity index is 2.17. The van der Waals surface area contributed by atoms with Crippen LogP contribution in [0.15, 0.2) is 12.4 Å². The highest BCUT2D eigenvalue weighted by Crippen LogP contribution is 2.18. The molecule has 1 aliphatic heterocycles. The standard InChI is InChI=1S/C11H17N3OS/c1-3-14-5-4-12-11(14)10(15)9-8-16-7-6-13(9)2/h4-5,9H,3,6-8H2,1-2H3. The van der Waals surface area contributed by atoms with Crippen molar-refractivity contribution >= 4 is 17.5 Å². The minimum absolute atomic E-state index is 0.00792. The van der Waals surface area contributed by atoms with Gasteiger partial charge in [-0.25, -0.2) is 4.98 Å². The van der Waals surface area contributed by atoms with E-state index in [1.165, 1.54) is 0 Å². The first-order chi connectivity index (χ1) is 7.74. The first kappa shape index (κ1) is 11.7. The van der Waals surface area contributed by atoms with Crippen molar-refractivity contribution in [3.8, 4) is 0 Å².